The minimum absolute atomic E-state index is 0.958. The quantitative estimate of drug-likeness (QED) is 0.628. The minimum Gasteiger partial charge on any atom is -0.312 e. The molecule has 0 atom stereocenters. The predicted molar refractivity (Wildman–Crippen MR) is 91.9 cm³/mol. The van der Waals surface area contributed by atoms with Crippen LogP contribution in [0.3, 0.4) is 0 Å². The molecule has 2 aromatic rings. The fraction of sp³-hybridized carbons (Fsp3) is 0.333. The molecule has 2 rings (SSSR count). The zero-order valence-corrected chi connectivity index (χ0v) is 15.1. The number of rotatable bonds is 5. The standard InChI is InChI=1S/C15H17Br2NS/c1-3-6-18-9-11-4-5-14(19-11)15-12(16)7-10(2)8-13(15)17/h4-5,7-8,18H,3,6,9H2,1-2H3. The molecule has 0 radical (unpaired) electrons. The van der Waals surface area contributed by atoms with E-state index in [1.54, 1.807) is 0 Å². The zero-order valence-electron chi connectivity index (χ0n) is 11.1. The van der Waals surface area contributed by atoms with Gasteiger partial charge in [-0.3, -0.25) is 0 Å². The molecule has 0 saturated heterocycles. The van der Waals surface area contributed by atoms with Crippen LogP contribution in [0.15, 0.2) is 33.2 Å². The lowest BCUT2D eigenvalue weighted by Crippen LogP contribution is -2.12. The maximum atomic E-state index is 3.67. The van der Waals surface area contributed by atoms with Crippen LogP contribution >= 0.6 is 43.2 Å². The fourth-order valence-electron chi connectivity index (χ4n) is 1.93. The first kappa shape index (κ1) is 15.2. The van der Waals surface area contributed by atoms with Crippen LogP contribution in [0.2, 0.25) is 0 Å². The van der Waals surface area contributed by atoms with Crippen molar-refractivity contribution in [2.45, 2.75) is 26.8 Å². The highest BCUT2D eigenvalue weighted by Crippen LogP contribution is 2.39. The number of hydrogen-bond acceptors (Lipinski definition) is 2. The van der Waals surface area contributed by atoms with Gasteiger partial charge >= 0.3 is 0 Å². The van der Waals surface area contributed by atoms with Crippen molar-refractivity contribution in [1.82, 2.24) is 5.32 Å². The molecule has 1 aromatic heterocycles. The number of nitrogens with one attached hydrogen (secondary N) is 1. The van der Waals surface area contributed by atoms with Gasteiger partial charge in [0.05, 0.1) is 0 Å². The smallest absolute Gasteiger partial charge is 0.0368 e. The van der Waals surface area contributed by atoms with Crippen LogP contribution in [0, 0.1) is 6.92 Å². The Labute approximate surface area is 135 Å². The van der Waals surface area contributed by atoms with E-state index in [1.807, 2.05) is 11.3 Å². The summed E-state index contributed by atoms with van der Waals surface area (Å²) in [4.78, 5) is 2.68. The second-order valence-corrected chi connectivity index (χ2v) is 7.42. The summed E-state index contributed by atoms with van der Waals surface area (Å²) < 4.78 is 2.29. The van der Waals surface area contributed by atoms with E-state index in [-0.39, 0.29) is 0 Å². The summed E-state index contributed by atoms with van der Waals surface area (Å²) in [7, 11) is 0. The van der Waals surface area contributed by atoms with Crippen LogP contribution in [0.5, 0.6) is 0 Å². The highest BCUT2D eigenvalue weighted by molar-refractivity contribution is 9.11. The Kier molecular flexibility index (Phi) is 5.63. The van der Waals surface area contributed by atoms with Crippen LogP contribution in [0.25, 0.3) is 10.4 Å². The Bertz CT molecular complexity index is 540. The molecule has 0 saturated carbocycles. The molecule has 1 nitrogen and oxygen atoms in total. The van der Waals surface area contributed by atoms with Crippen LogP contribution in [-0.2, 0) is 6.54 Å². The van der Waals surface area contributed by atoms with Crippen molar-refractivity contribution in [3.05, 3.63) is 43.7 Å². The molecule has 19 heavy (non-hydrogen) atoms. The number of benzene rings is 1. The number of aryl methyl sites for hydroxylation is 1. The fourth-order valence-corrected chi connectivity index (χ4v) is 5.09. The van der Waals surface area contributed by atoms with E-state index in [9.17, 15) is 0 Å². The number of thiophene rings is 1. The van der Waals surface area contributed by atoms with Crippen molar-refractivity contribution in [1.29, 1.82) is 0 Å². The molecule has 0 aliphatic carbocycles. The first-order valence-electron chi connectivity index (χ1n) is 6.37. The molecule has 0 bridgehead atoms. The average molecular weight is 403 g/mol. The van der Waals surface area contributed by atoms with E-state index >= 15 is 0 Å². The Morgan fingerprint density at radius 1 is 1.16 bits per heavy atom. The molecule has 4 heteroatoms. The van der Waals surface area contributed by atoms with Gasteiger partial charge in [-0.15, -0.1) is 11.3 Å². The first-order valence-corrected chi connectivity index (χ1v) is 8.77. The maximum Gasteiger partial charge on any atom is 0.0368 e. The van der Waals surface area contributed by atoms with Crippen molar-refractivity contribution >= 4 is 43.2 Å². The molecule has 1 aromatic carbocycles. The molecule has 0 spiro atoms. The predicted octanol–water partition coefficient (Wildman–Crippen LogP) is 5.75. The van der Waals surface area contributed by atoms with E-state index < -0.39 is 0 Å². The summed E-state index contributed by atoms with van der Waals surface area (Å²) in [6.07, 6.45) is 1.17. The van der Waals surface area contributed by atoms with Crippen molar-refractivity contribution in [3.63, 3.8) is 0 Å². The molecule has 0 aliphatic rings. The normalized spacial score (nSPS) is 10.9. The van der Waals surface area contributed by atoms with E-state index in [1.165, 1.54) is 27.3 Å². The molecule has 1 heterocycles. The Balaban J connectivity index is 2.23. The lowest BCUT2D eigenvalue weighted by atomic mass is 10.1. The van der Waals surface area contributed by atoms with Crippen LogP contribution in [-0.4, -0.2) is 6.54 Å². The van der Waals surface area contributed by atoms with Gasteiger partial charge in [0, 0.05) is 30.8 Å². The van der Waals surface area contributed by atoms with Gasteiger partial charge < -0.3 is 5.32 Å². The number of halogens is 2. The summed E-state index contributed by atoms with van der Waals surface area (Å²) in [5.74, 6) is 0. The summed E-state index contributed by atoms with van der Waals surface area (Å²) >= 11 is 9.19. The summed E-state index contributed by atoms with van der Waals surface area (Å²) in [6, 6.07) is 8.73. The Hall–Kier alpha value is -0.160. The van der Waals surface area contributed by atoms with Gasteiger partial charge in [0.1, 0.15) is 0 Å². The minimum atomic E-state index is 0.958. The SMILES string of the molecule is CCCNCc1ccc(-c2c(Br)cc(C)cc2Br)s1. The zero-order chi connectivity index (χ0) is 13.8. The lowest BCUT2D eigenvalue weighted by Gasteiger charge is -2.07. The van der Waals surface area contributed by atoms with E-state index in [2.05, 4.69) is 75.3 Å². The van der Waals surface area contributed by atoms with E-state index in [0.29, 0.717) is 0 Å². The van der Waals surface area contributed by atoms with Gasteiger partial charge in [-0.2, -0.15) is 0 Å². The molecule has 0 aliphatic heterocycles. The largest absolute Gasteiger partial charge is 0.312 e. The molecule has 102 valence electrons. The molecule has 0 amide bonds. The van der Waals surface area contributed by atoms with Crippen molar-refractivity contribution < 1.29 is 0 Å². The molecular weight excluding hydrogens is 386 g/mol. The van der Waals surface area contributed by atoms with E-state index in [0.717, 1.165) is 22.0 Å². The second kappa shape index (κ2) is 7.02. The Morgan fingerprint density at radius 2 is 1.84 bits per heavy atom. The molecular formula is C15H17Br2NS. The topological polar surface area (TPSA) is 12.0 Å². The van der Waals surface area contributed by atoms with Crippen LogP contribution < -0.4 is 5.32 Å². The summed E-state index contributed by atoms with van der Waals surface area (Å²) in [5, 5.41) is 3.44. The third-order valence-electron chi connectivity index (χ3n) is 2.82. The van der Waals surface area contributed by atoms with Crippen LogP contribution in [0.4, 0.5) is 0 Å². The van der Waals surface area contributed by atoms with Crippen LogP contribution in [0.1, 0.15) is 23.8 Å². The van der Waals surface area contributed by atoms with Crippen molar-refractivity contribution in [3.8, 4) is 10.4 Å². The second-order valence-electron chi connectivity index (χ2n) is 4.55. The summed E-state index contributed by atoms with van der Waals surface area (Å²) in [6.45, 7) is 6.33. The summed E-state index contributed by atoms with van der Waals surface area (Å²) in [5.41, 5.74) is 2.50. The third kappa shape index (κ3) is 3.91. The monoisotopic (exact) mass is 401 g/mol. The highest BCUT2D eigenvalue weighted by atomic mass is 79.9. The third-order valence-corrected chi connectivity index (χ3v) is 5.17. The Morgan fingerprint density at radius 3 is 2.47 bits per heavy atom. The van der Waals surface area contributed by atoms with Crippen molar-refractivity contribution in [2.75, 3.05) is 6.54 Å². The number of hydrogen-bond donors (Lipinski definition) is 1. The van der Waals surface area contributed by atoms with Gasteiger partial charge in [-0.1, -0.05) is 38.8 Å². The molecule has 0 fully saturated rings. The first-order chi connectivity index (χ1) is 9.11. The van der Waals surface area contributed by atoms with Crippen molar-refractivity contribution in [2.24, 2.45) is 0 Å². The highest BCUT2D eigenvalue weighted by Gasteiger charge is 2.11. The van der Waals surface area contributed by atoms with Gasteiger partial charge in [0.25, 0.3) is 0 Å². The lowest BCUT2D eigenvalue weighted by molar-refractivity contribution is 0.681. The van der Waals surface area contributed by atoms with Gasteiger partial charge in [0.15, 0.2) is 0 Å². The molecule has 0 unspecified atom stereocenters. The average Bonchev–Trinajstić information content (AvgIpc) is 2.76. The van der Waals surface area contributed by atoms with E-state index in [4.69, 9.17) is 0 Å². The van der Waals surface area contributed by atoms with Gasteiger partial charge in [0.2, 0.25) is 0 Å². The van der Waals surface area contributed by atoms with Gasteiger partial charge in [-0.25, -0.2) is 0 Å². The maximum absolute atomic E-state index is 3.67. The molecule has 1 N–H and O–H groups in total. The van der Waals surface area contributed by atoms with Gasteiger partial charge in [-0.05, 0) is 49.7 Å².